The molecule has 0 radical (unpaired) electrons. The predicted molar refractivity (Wildman–Crippen MR) is 86.0 cm³/mol. The molecule has 2 aromatic rings. The summed E-state index contributed by atoms with van der Waals surface area (Å²) in [7, 11) is 0. The monoisotopic (exact) mass is 317 g/mol. The summed E-state index contributed by atoms with van der Waals surface area (Å²) in [6, 6.07) is 7.68. The zero-order valence-corrected chi connectivity index (χ0v) is 13.1. The first kappa shape index (κ1) is 14.8. The number of nitrogens with one attached hydrogen (secondary N) is 1. The Hall–Kier alpha value is -2.08. The molecule has 1 atom stereocenters. The van der Waals surface area contributed by atoms with Crippen molar-refractivity contribution in [1.82, 2.24) is 15.2 Å². The van der Waals surface area contributed by atoms with Crippen molar-refractivity contribution in [3.05, 3.63) is 46.9 Å². The van der Waals surface area contributed by atoms with E-state index >= 15 is 0 Å². The highest BCUT2D eigenvalue weighted by Gasteiger charge is 2.24. The normalized spacial score (nSPS) is 18.0. The van der Waals surface area contributed by atoms with Crippen molar-refractivity contribution >= 4 is 17.4 Å². The number of rotatable bonds is 4. The minimum Gasteiger partial charge on any atom is -0.488 e. The fourth-order valence-electron chi connectivity index (χ4n) is 2.52. The first-order valence-electron chi connectivity index (χ1n) is 7.43. The molecule has 0 aliphatic carbocycles. The molecule has 2 aromatic heterocycles. The molecule has 22 heavy (non-hydrogen) atoms. The fourth-order valence-corrected chi connectivity index (χ4v) is 3.16. The molecule has 3 heterocycles. The van der Waals surface area contributed by atoms with Gasteiger partial charge in [-0.1, -0.05) is 6.07 Å². The third kappa shape index (κ3) is 3.98. The van der Waals surface area contributed by atoms with Crippen molar-refractivity contribution < 1.29 is 9.53 Å². The van der Waals surface area contributed by atoms with Crippen LogP contribution in [0.4, 0.5) is 4.79 Å². The largest absolute Gasteiger partial charge is 0.488 e. The molecule has 1 N–H and O–H groups in total. The first-order valence-corrected chi connectivity index (χ1v) is 8.31. The Kier molecular flexibility index (Phi) is 4.90. The maximum atomic E-state index is 12.2. The summed E-state index contributed by atoms with van der Waals surface area (Å²) in [5.74, 6) is 0.806. The zero-order valence-electron chi connectivity index (χ0n) is 12.3. The number of likely N-dealkylation sites (tertiary alicyclic amines) is 1. The molecule has 0 spiro atoms. The predicted octanol–water partition coefficient (Wildman–Crippen LogP) is 2.90. The Balaban J connectivity index is 1.50. The summed E-state index contributed by atoms with van der Waals surface area (Å²) in [4.78, 5) is 19.2. The number of nitrogens with zero attached hydrogens (tertiary/aromatic N) is 2. The van der Waals surface area contributed by atoms with E-state index in [1.165, 1.54) is 0 Å². The highest BCUT2D eigenvalue weighted by molar-refractivity contribution is 7.09. The van der Waals surface area contributed by atoms with E-state index in [2.05, 4.69) is 10.3 Å². The van der Waals surface area contributed by atoms with E-state index in [1.807, 2.05) is 34.5 Å². The van der Waals surface area contributed by atoms with E-state index in [9.17, 15) is 4.79 Å². The number of hydrogen-bond donors (Lipinski definition) is 1. The molecule has 0 unspecified atom stereocenters. The van der Waals surface area contributed by atoms with E-state index in [0.717, 1.165) is 30.0 Å². The van der Waals surface area contributed by atoms with Crippen LogP contribution in [-0.4, -0.2) is 35.1 Å². The molecule has 0 saturated carbocycles. The molecular formula is C16H19N3O2S. The van der Waals surface area contributed by atoms with E-state index in [-0.39, 0.29) is 12.1 Å². The van der Waals surface area contributed by atoms with Gasteiger partial charge in [-0.05, 0) is 36.4 Å². The lowest BCUT2D eigenvalue weighted by atomic mass is 10.1. The molecule has 0 bridgehead atoms. The molecule has 116 valence electrons. The first-order chi connectivity index (χ1) is 10.8. The highest BCUT2D eigenvalue weighted by atomic mass is 32.1. The molecule has 6 heteroatoms. The van der Waals surface area contributed by atoms with E-state index < -0.39 is 0 Å². The van der Waals surface area contributed by atoms with Crippen molar-refractivity contribution in [3.8, 4) is 5.75 Å². The summed E-state index contributed by atoms with van der Waals surface area (Å²) in [5.41, 5.74) is 0. The summed E-state index contributed by atoms with van der Waals surface area (Å²) in [5, 5.41) is 4.99. The van der Waals surface area contributed by atoms with Crippen LogP contribution in [0.2, 0.25) is 0 Å². The van der Waals surface area contributed by atoms with Crippen LogP contribution in [-0.2, 0) is 6.54 Å². The number of amides is 2. The second kappa shape index (κ2) is 7.26. The average Bonchev–Trinajstić information content (AvgIpc) is 3.07. The van der Waals surface area contributed by atoms with Crippen LogP contribution in [0.1, 0.15) is 17.7 Å². The van der Waals surface area contributed by atoms with E-state index in [1.54, 1.807) is 23.7 Å². The molecule has 3 rings (SSSR count). The van der Waals surface area contributed by atoms with Gasteiger partial charge in [-0.15, -0.1) is 11.3 Å². The number of urea groups is 1. The van der Waals surface area contributed by atoms with E-state index in [0.29, 0.717) is 13.1 Å². The molecule has 5 nitrogen and oxygen atoms in total. The Bertz CT molecular complexity index is 589. The maximum Gasteiger partial charge on any atom is 0.317 e. The smallest absolute Gasteiger partial charge is 0.317 e. The van der Waals surface area contributed by atoms with Crippen LogP contribution in [0.3, 0.4) is 0 Å². The van der Waals surface area contributed by atoms with Crippen LogP contribution < -0.4 is 10.1 Å². The van der Waals surface area contributed by atoms with Crippen molar-refractivity contribution in [2.45, 2.75) is 25.5 Å². The number of piperidine rings is 1. The van der Waals surface area contributed by atoms with Gasteiger partial charge in [-0.3, -0.25) is 4.98 Å². The number of ether oxygens (including phenoxy) is 1. The summed E-state index contributed by atoms with van der Waals surface area (Å²) in [6.45, 7) is 1.99. The van der Waals surface area contributed by atoms with Crippen molar-refractivity contribution in [2.24, 2.45) is 0 Å². The Morgan fingerprint density at radius 2 is 2.27 bits per heavy atom. The van der Waals surface area contributed by atoms with Crippen LogP contribution >= 0.6 is 11.3 Å². The molecule has 2 amide bonds. The summed E-state index contributed by atoms with van der Waals surface area (Å²) < 4.78 is 5.93. The number of carbonyl (C=O) groups excluding carboxylic acids is 1. The molecular weight excluding hydrogens is 298 g/mol. The average molecular weight is 317 g/mol. The Morgan fingerprint density at radius 1 is 1.41 bits per heavy atom. The van der Waals surface area contributed by atoms with Gasteiger partial charge in [-0.25, -0.2) is 4.79 Å². The molecule has 1 aliphatic rings. The van der Waals surface area contributed by atoms with Crippen LogP contribution in [0.5, 0.6) is 5.75 Å². The fraction of sp³-hybridized carbons (Fsp3) is 0.375. The van der Waals surface area contributed by atoms with Crippen LogP contribution in [0.15, 0.2) is 42.0 Å². The van der Waals surface area contributed by atoms with Crippen LogP contribution in [0.25, 0.3) is 0 Å². The number of aromatic nitrogens is 1. The van der Waals surface area contributed by atoms with Crippen molar-refractivity contribution in [1.29, 1.82) is 0 Å². The third-order valence-corrected chi connectivity index (χ3v) is 4.49. The topological polar surface area (TPSA) is 54.5 Å². The SMILES string of the molecule is O=C(NCc1cccs1)N1CCC[C@H](Oc2ccncc2)C1. The van der Waals surface area contributed by atoms with Gasteiger partial charge in [0, 0.05) is 23.8 Å². The number of thiophene rings is 1. The number of hydrogen-bond acceptors (Lipinski definition) is 4. The van der Waals surface area contributed by atoms with Gasteiger partial charge in [0.25, 0.3) is 0 Å². The Labute approximate surface area is 133 Å². The van der Waals surface area contributed by atoms with Gasteiger partial charge in [0.2, 0.25) is 0 Å². The lowest BCUT2D eigenvalue weighted by Crippen LogP contribution is -2.48. The van der Waals surface area contributed by atoms with Gasteiger partial charge in [0.1, 0.15) is 11.9 Å². The standard InChI is InChI=1S/C16H19N3O2S/c20-16(18-11-15-4-2-10-22-15)19-9-1-3-14(12-19)21-13-5-7-17-8-6-13/h2,4-8,10,14H,1,3,9,11-12H2,(H,18,20)/t14-/m0/s1. The minimum absolute atomic E-state index is 0.0172. The van der Waals surface area contributed by atoms with Crippen molar-refractivity contribution in [3.63, 3.8) is 0 Å². The summed E-state index contributed by atoms with van der Waals surface area (Å²) in [6.07, 6.45) is 5.40. The molecule has 1 aliphatic heterocycles. The summed E-state index contributed by atoms with van der Waals surface area (Å²) >= 11 is 1.65. The molecule has 1 saturated heterocycles. The van der Waals surface area contributed by atoms with Gasteiger partial charge in [-0.2, -0.15) is 0 Å². The van der Waals surface area contributed by atoms with Gasteiger partial charge in [0.15, 0.2) is 0 Å². The number of carbonyl (C=O) groups is 1. The second-order valence-electron chi connectivity index (χ2n) is 5.25. The van der Waals surface area contributed by atoms with Crippen molar-refractivity contribution in [2.75, 3.05) is 13.1 Å². The number of pyridine rings is 1. The van der Waals surface area contributed by atoms with E-state index in [4.69, 9.17) is 4.74 Å². The third-order valence-electron chi connectivity index (χ3n) is 3.61. The Morgan fingerprint density at radius 3 is 3.05 bits per heavy atom. The van der Waals surface area contributed by atoms with Crippen LogP contribution in [0, 0.1) is 0 Å². The zero-order chi connectivity index (χ0) is 15.2. The maximum absolute atomic E-state index is 12.2. The molecule has 0 aromatic carbocycles. The lowest BCUT2D eigenvalue weighted by Gasteiger charge is -2.32. The quantitative estimate of drug-likeness (QED) is 0.943. The highest BCUT2D eigenvalue weighted by Crippen LogP contribution is 2.18. The second-order valence-corrected chi connectivity index (χ2v) is 6.28. The van der Waals surface area contributed by atoms with Gasteiger partial charge in [0.05, 0.1) is 13.1 Å². The molecule has 1 fully saturated rings. The van der Waals surface area contributed by atoms with Gasteiger partial charge >= 0.3 is 6.03 Å². The lowest BCUT2D eigenvalue weighted by molar-refractivity contribution is 0.101. The minimum atomic E-state index is -0.0172. The van der Waals surface area contributed by atoms with Gasteiger partial charge < -0.3 is 15.0 Å².